The molecule has 5 heteroatoms. The lowest BCUT2D eigenvalue weighted by Gasteiger charge is -2.14. The Balaban J connectivity index is 1.07. The Kier molecular flexibility index (Phi) is 6.96. The van der Waals surface area contributed by atoms with E-state index in [-0.39, 0.29) is 0 Å². The SMILES string of the molecule is CP1(=O)c2ccccc2-c2ccc(-c3ccc(-c4cccc(-c5nc6c(-c7ccccc7)cc(-c7ccccc7)cn6n5)c4)c4ccccc34)cc21. The van der Waals surface area contributed by atoms with Gasteiger partial charge in [-0.2, -0.15) is 0 Å². The van der Waals surface area contributed by atoms with E-state index in [1.165, 1.54) is 0 Å². The van der Waals surface area contributed by atoms with Gasteiger partial charge in [-0.3, -0.25) is 0 Å². The minimum absolute atomic E-state index is 0.674. The molecule has 4 nitrogen and oxygen atoms in total. The van der Waals surface area contributed by atoms with Crippen molar-refractivity contribution in [3.63, 3.8) is 0 Å². The van der Waals surface area contributed by atoms with Crippen LogP contribution in [-0.4, -0.2) is 21.3 Å². The van der Waals surface area contributed by atoms with Gasteiger partial charge in [-0.25, -0.2) is 9.50 Å². The predicted octanol–water partition coefficient (Wildman–Crippen LogP) is 11.1. The van der Waals surface area contributed by atoms with Gasteiger partial charge in [0.1, 0.15) is 7.14 Å². The smallest absolute Gasteiger partial charge is 0.182 e. The van der Waals surface area contributed by atoms with Crippen molar-refractivity contribution in [3.8, 4) is 67.0 Å². The summed E-state index contributed by atoms with van der Waals surface area (Å²) in [5.41, 5.74) is 12.7. The Labute approximate surface area is 302 Å². The van der Waals surface area contributed by atoms with Crippen LogP contribution < -0.4 is 10.6 Å². The molecule has 0 fully saturated rings. The largest absolute Gasteiger partial charge is 0.314 e. The maximum absolute atomic E-state index is 14.1. The highest BCUT2D eigenvalue weighted by molar-refractivity contribution is 7.79. The van der Waals surface area contributed by atoms with Crippen LogP contribution >= 0.6 is 7.14 Å². The first-order valence-corrected chi connectivity index (χ1v) is 19.6. The van der Waals surface area contributed by atoms with Crippen molar-refractivity contribution in [2.24, 2.45) is 0 Å². The van der Waals surface area contributed by atoms with Gasteiger partial charge >= 0.3 is 0 Å². The summed E-state index contributed by atoms with van der Waals surface area (Å²) >= 11 is 0. The molecule has 3 heterocycles. The molecule has 10 rings (SSSR count). The van der Waals surface area contributed by atoms with Crippen LogP contribution in [0.5, 0.6) is 0 Å². The second kappa shape index (κ2) is 11.9. The van der Waals surface area contributed by atoms with Crippen molar-refractivity contribution in [3.05, 3.63) is 176 Å². The third-order valence-corrected chi connectivity index (χ3v) is 13.0. The fraction of sp³-hybridized carbons (Fsp3) is 0.0213. The van der Waals surface area contributed by atoms with Gasteiger partial charge in [0.15, 0.2) is 11.5 Å². The van der Waals surface area contributed by atoms with E-state index >= 15 is 0 Å². The molecule has 1 atom stereocenters. The van der Waals surface area contributed by atoms with Crippen LogP contribution in [0.1, 0.15) is 0 Å². The van der Waals surface area contributed by atoms with Crippen LogP contribution in [0, 0.1) is 0 Å². The number of rotatable bonds is 5. The van der Waals surface area contributed by atoms with Crippen LogP contribution in [0.15, 0.2) is 176 Å². The van der Waals surface area contributed by atoms with Gasteiger partial charge in [0.25, 0.3) is 0 Å². The van der Waals surface area contributed by atoms with Gasteiger partial charge < -0.3 is 4.57 Å². The Hall–Kier alpha value is -6.35. The van der Waals surface area contributed by atoms with Crippen LogP contribution in [0.3, 0.4) is 0 Å². The number of hydrogen-bond donors (Lipinski definition) is 0. The first-order chi connectivity index (χ1) is 25.5. The van der Waals surface area contributed by atoms with Crippen molar-refractivity contribution < 1.29 is 4.57 Å². The summed E-state index contributed by atoms with van der Waals surface area (Å²) in [7, 11) is -2.69. The molecule has 246 valence electrons. The molecule has 0 spiro atoms. The molecule has 52 heavy (non-hydrogen) atoms. The summed E-state index contributed by atoms with van der Waals surface area (Å²) in [5.74, 6) is 0.674. The van der Waals surface area contributed by atoms with Crippen LogP contribution in [0.2, 0.25) is 0 Å². The van der Waals surface area contributed by atoms with Crippen molar-refractivity contribution in [1.82, 2.24) is 14.6 Å². The Morgan fingerprint density at radius 3 is 1.77 bits per heavy atom. The van der Waals surface area contributed by atoms with E-state index in [9.17, 15) is 4.57 Å². The zero-order valence-corrected chi connectivity index (χ0v) is 29.3. The minimum atomic E-state index is -2.69. The third-order valence-electron chi connectivity index (χ3n) is 10.4. The molecule has 1 unspecified atom stereocenters. The fourth-order valence-corrected chi connectivity index (χ4v) is 10.2. The molecular weight excluding hydrogens is 654 g/mol. The maximum atomic E-state index is 14.1. The number of fused-ring (bicyclic) bond motifs is 5. The number of hydrogen-bond acceptors (Lipinski definition) is 3. The number of aromatic nitrogens is 3. The minimum Gasteiger partial charge on any atom is -0.314 e. The number of pyridine rings is 1. The van der Waals surface area contributed by atoms with Crippen molar-refractivity contribution in [2.75, 3.05) is 6.66 Å². The molecule has 0 N–H and O–H groups in total. The van der Waals surface area contributed by atoms with E-state index in [1.54, 1.807) is 0 Å². The van der Waals surface area contributed by atoms with Gasteiger partial charge in [0, 0.05) is 33.5 Å². The lowest BCUT2D eigenvalue weighted by Crippen LogP contribution is -2.08. The monoisotopic (exact) mass is 685 g/mol. The normalized spacial score (nSPS) is 14.8. The molecule has 9 aromatic rings. The summed E-state index contributed by atoms with van der Waals surface area (Å²) in [5, 5.41) is 9.25. The molecule has 0 aliphatic carbocycles. The summed E-state index contributed by atoms with van der Waals surface area (Å²) < 4.78 is 16.0. The van der Waals surface area contributed by atoms with Crippen LogP contribution in [-0.2, 0) is 4.57 Å². The molecule has 0 saturated carbocycles. The van der Waals surface area contributed by atoms with E-state index < -0.39 is 7.14 Å². The van der Waals surface area contributed by atoms with Crippen LogP contribution in [0.25, 0.3) is 83.4 Å². The van der Waals surface area contributed by atoms with Gasteiger partial charge in [-0.05, 0) is 80.1 Å². The fourth-order valence-electron chi connectivity index (χ4n) is 7.84. The lowest BCUT2D eigenvalue weighted by atomic mass is 9.91. The highest BCUT2D eigenvalue weighted by atomic mass is 31.2. The van der Waals surface area contributed by atoms with Gasteiger partial charge in [-0.15, -0.1) is 5.10 Å². The quantitative estimate of drug-likeness (QED) is 0.169. The standard InChI is InChI=1S/C47H32N3OP/c1-52(51)44-22-11-10-21-41(44)42-24-23-34(29-45(42)52)38-26-25-37(39-19-8-9-20-40(38)39)33-17-12-18-35(27-33)46-48-47-43(32-15-6-3-7-16-32)28-36(30-50(47)49-46)31-13-4-2-5-14-31/h2-30H,1H3. The molecule has 1 aliphatic rings. The number of benzene rings is 7. The average molecular weight is 686 g/mol. The van der Waals surface area contributed by atoms with Crippen LogP contribution in [0.4, 0.5) is 0 Å². The number of nitrogens with zero attached hydrogens (tertiary/aromatic N) is 3. The topological polar surface area (TPSA) is 47.3 Å². The molecule has 0 amide bonds. The van der Waals surface area contributed by atoms with E-state index in [1.807, 2.05) is 41.5 Å². The molecule has 1 aliphatic heterocycles. The second-order valence-corrected chi connectivity index (χ2v) is 16.4. The van der Waals surface area contributed by atoms with Crippen molar-refractivity contribution in [1.29, 1.82) is 0 Å². The molecule has 0 saturated heterocycles. The van der Waals surface area contributed by atoms with Gasteiger partial charge in [-0.1, -0.05) is 152 Å². The predicted molar refractivity (Wildman–Crippen MR) is 216 cm³/mol. The third kappa shape index (κ3) is 4.87. The first kappa shape index (κ1) is 30.5. The molecule has 2 aromatic heterocycles. The summed E-state index contributed by atoms with van der Waals surface area (Å²) in [6, 6.07) is 59.1. The Morgan fingerprint density at radius 1 is 0.442 bits per heavy atom. The maximum Gasteiger partial charge on any atom is 0.182 e. The zero-order valence-electron chi connectivity index (χ0n) is 28.4. The highest BCUT2D eigenvalue weighted by Gasteiger charge is 2.34. The van der Waals surface area contributed by atoms with E-state index in [0.29, 0.717) is 5.82 Å². The average Bonchev–Trinajstić information content (AvgIpc) is 3.74. The summed E-state index contributed by atoms with van der Waals surface area (Å²) in [4.78, 5) is 5.13. The molecule has 0 radical (unpaired) electrons. The Morgan fingerprint density at radius 2 is 1.02 bits per heavy atom. The van der Waals surface area contributed by atoms with Crippen molar-refractivity contribution in [2.45, 2.75) is 0 Å². The van der Waals surface area contributed by atoms with Crippen molar-refractivity contribution >= 4 is 34.2 Å². The van der Waals surface area contributed by atoms with Gasteiger partial charge in [0.05, 0.1) is 0 Å². The lowest BCUT2D eigenvalue weighted by molar-refractivity contribution is 0.591. The highest BCUT2D eigenvalue weighted by Crippen LogP contribution is 2.51. The second-order valence-electron chi connectivity index (χ2n) is 13.5. The van der Waals surface area contributed by atoms with E-state index in [2.05, 4.69) is 146 Å². The van der Waals surface area contributed by atoms with Gasteiger partial charge in [0.2, 0.25) is 0 Å². The van der Waals surface area contributed by atoms with E-state index in [0.717, 1.165) is 88.2 Å². The molecule has 7 aromatic carbocycles. The summed E-state index contributed by atoms with van der Waals surface area (Å²) in [6.07, 6.45) is 2.07. The zero-order chi connectivity index (χ0) is 34.8. The summed E-state index contributed by atoms with van der Waals surface area (Å²) in [6.45, 7) is 1.90. The Bertz CT molecular complexity index is 2890. The first-order valence-electron chi connectivity index (χ1n) is 17.5. The molecule has 0 bridgehead atoms. The van der Waals surface area contributed by atoms with E-state index in [4.69, 9.17) is 10.1 Å². The molecular formula is C47H32N3OP.